The number of halogens is 2. The van der Waals surface area contributed by atoms with E-state index in [0.29, 0.717) is 12.0 Å². The average Bonchev–Trinajstić information content (AvgIpc) is 2.58. The van der Waals surface area contributed by atoms with Gasteiger partial charge in [0.05, 0.1) is 0 Å². The molecule has 0 saturated heterocycles. The van der Waals surface area contributed by atoms with Crippen molar-refractivity contribution in [2.75, 3.05) is 0 Å². The maximum atomic E-state index is 12.7. The van der Waals surface area contributed by atoms with Gasteiger partial charge in [-0.3, -0.25) is 4.79 Å². The molecular formula is C11H11F2NO4. The van der Waals surface area contributed by atoms with Crippen LogP contribution in [-0.4, -0.2) is 23.4 Å². The highest BCUT2D eigenvalue weighted by Gasteiger charge is 2.43. The number of carbonyl (C=O) groups is 1. The molecule has 0 saturated carbocycles. The number of rotatable bonds is 4. The molecule has 1 atom stereocenters. The Bertz CT molecular complexity index is 478. The van der Waals surface area contributed by atoms with Crippen molar-refractivity contribution >= 4 is 5.97 Å². The van der Waals surface area contributed by atoms with Crippen LogP contribution in [0, 0.1) is 0 Å². The number of ether oxygens (including phenoxy) is 2. The molecule has 1 unspecified atom stereocenters. The molecule has 3 N–H and O–H groups in total. The number of aryl methyl sites for hydroxylation is 1. The van der Waals surface area contributed by atoms with E-state index in [9.17, 15) is 13.6 Å². The lowest BCUT2D eigenvalue weighted by Crippen LogP contribution is -2.30. The summed E-state index contributed by atoms with van der Waals surface area (Å²) in [5.41, 5.74) is 6.00. The molecule has 18 heavy (non-hydrogen) atoms. The van der Waals surface area contributed by atoms with Gasteiger partial charge >= 0.3 is 12.3 Å². The Morgan fingerprint density at radius 3 is 2.72 bits per heavy atom. The number of hydrogen-bond donors (Lipinski definition) is 2. The number of carboxylic acids is 1. The van der Waals surface area contributed by atoms with E-state index in [0.717, 1.165) is 0 Å². The zero-order valence-electron chi connectivity index (χ0n) is 9.23. The number of carboxylic acid groups (broad SMARTS) is 1. The second-order valence-electron chi connectivity index (χ2n) is 3.93. The van der Waals surface area contributed by atoms with Crippen molar-refractivity contribution in [2.45, 2.75) is 25.2 Å². The van der Waals surface area contributed by atoms with Crippen molar-refractivity contribution in [2.24, 2.45) is 5.73 Å². The summed E-state index contributed by atoms with van der Waals surface area (Å²) in [5.74, 6) is -1.19. The molecule has 0 amide bonds. The molecule has 0 radical (unpaired) electrons. The van der Waals surface area contributed by atoms with Gasteiger partial charge in [0.25, 0.3) is 0 Å². The number of nitrogens with two attached hydrogens (primary N) is 1. The van der Waals surface area contributed by atoms with Crippen molar-refractivity contribution in [3.63, 3.8) is 0 Å². The van der Waals surface area contributed by atoms with E-state index in [4.69, 9.17) is 10.8 Å². The zero-order valence-corrected chi connectivity index (χ0v) is 9.23. The molecule has 1 aromatic carbocycles. The summed E-state index contributed by atoms with van der Waals surface area (Å²) in [6.45, 7) is 0. The number of alkyl halides is 2. The van der Waals surface area contributed by atoms with Gasteiger partial charge in [0.15, 0.2) is 11.5 Å². The van der Waals surface area contributed by atoms with Crippen molar-refractivity contribution < 1.29 is 28.2 Å². The number of benzene rings is 1. The number of aliphatic carboxylic acids is 1. The third-order valence-corrected chi connectivity index (χ3v) is 2.53. The summed E-state index contributed by atoms with van der Waals surface area (Å²) >= 11 is 0. The Balaban J connectivity index is 2.03. The standard InChI is InChI=1S/C11H11F2NO4/c12-11(13)17-8-4-2-6(5-9(8)18-11)1-3-7(14)10(15)16/h2,4-5,7H,1,3,14H2,(H,15,16). The van der Waals surface area contributed by atoms with Crippen LogP contribution in [0.5, 0.6) is 11.5 Å². The van der Waals surface area contributed by atoms with Crippen molar-refractivity contribution in [3.05, 3.63) is 23.8 Å². The highest BCUT2D eigenvalue weighted by Crippen LogP contribution is 2.41. The first-order valence-corrected chi connectivity index (χ1v) is 5.24. The molecule has 1 aromatic rings. The van der Waals surface area contributed by atoms with Crippen LogP contribution in [0.15, 0.2) is 18.2 Å². The molecule has 2 rings (SSSR count). The molecule has 1 aliphatic rings. The summed E-state index contributed by atoms with van der Waals surface area (Å²) < 4.78 is 34.0. The van der Waals surface area contributed by atoms with Gasteiger partial charge in [-0.25, -0.2) is 0 Å². The fourth-order valence-corrected chi connectivity index (χ4v) is 1.59. The minimum atomic E-state index is -3.64. The molecule has 1 aliphatic heterocycles. The van der Waals surface area contributed by atoms with E-state index < -0.39 is 18.3 Å². The van der Waals surface area contributed by atoms with Crippen molar-refractivity contribution in [1.82, 2.24) is 0 Å². The van der Waals surface area contributed by atoms with Gasteiger partial charge in [-0.2, -0.15) is 0 Å². The predicted molar refractivity (Wildman–Crippen MR) is 56.6 cm³/mol. The minimum absolute atomic E-state index is 0.0358. The van der Waals surface area contributed by atoms with Crippen molar-refractivity contribution in [3.8, 4) is 11.5 Å². The Morgan fingerprint density at radius 1 is 1.39 bits per heavy atom. The van der Waals surface area contributed by atoms with Crippen molar-refractivity contribution in [1.29, 1.82) is 0 Å². The van der Waals surface area contributed by atoms with Crippen LogP contribution in [0.4, 0.5) is 8.78 Å². The van der Waals surface area contributed by atoms with E-state index in [2.05, 4.69) is 9.47 Å². The largest absolute Gasteiger partial charge is 0.586 e. The van der Waals surface area contributed by atoms with Crippen LogP contribution < -0.4 is 15.2 Å². The van der Waals surface area contributed by atoms with E-state index in [1.54, 1.807) is 6.07 Å². The molecule has 0 aliphatic carbocycles. The third-order valence-electron chi connectivity index (χ3n) is 2.53. The van der Waals surface area contributed by atoms with Gasteiger partial charge in [-0.05, 0) is 30.5 Å². The maximum Gasteiger partial charge on any atom is 0.586 e. The van der Waals surface area contributed by atoms with Crippen LogP contribution in [0.25, 0.3) is 0 Å². The lowest BCUT2D eigenvalue weighted by molar-refractivity contribution is -0.286. The third kappa shape index (κ3) is 2.67. The highest BCUT2D eigenvalue weighted by atomic mass is 19.3. The normalized spacial score (nSPS) is 17.5. The lowest BCUT2D eigenvalue weighted by Gasteiger charge is -2.06. The number of hydrogen-bond acceptors (Lipinski definition) is 4. The quantitative estimate of drug-likeness (QED) is 0.853. The summed E-state index contributed by atoms with van der Waals surface area (Å²) in [7, 11) is 0. The second-order valence-corrected chi connectivity index (χ2v) is 3.93. The van der Waals surface area contributed by atoms with Gasteiger partial charge in [0, 0.05) is 0 Å². The first kappa shape index (κ1) is 12.6. The van der Waals surface area contributed by atoms with Crippen LogP contribution in [0.1, 0.15) is 12.0 Å². The average molecular weight is 259 g/mol. The molecule has 98 valence electrons. The molecule has 5 nitrogen and oxygen atoms in total. The van der Waals surface area contributed by atoms with Crippen LogP contribution in [-0.2, 0) is 11.2 Å². The fraction of sp³-hybridized carbons (Fsp3) is 0.364. The molecular weight excluding hydrogens is 248 g/mol. The predicted octanol–water partition coefficient (Wildman–Crippen LogP) is 1.35. The van der Waals surface area contributed by atoms with Crippen LogP contribution in [0.3, 0.4) is 0 Å². The summed E-state index contributed by atoms with van der Waals surface area (Å²) in [5, 5.41) is 8.61. The Hall–Kier alpha value is -1.89. The van der Waals surface area contributed by atoms with E-state index in [-0.39, 0.29) is 17.9 Å². The zero-order chi connectivity index (χ0) is 13.3. The van der Waals surface area contributed by atoms with Crippen LogP contribution in [0.2, 0.25) is 0 Å². The first-order valence-electron chi connectivity index (χ1n) is 5.24. The maximum absolute atomic E-state index is 12.7. The summed E-state index contributed by atoms with van der Waals surface area (Å²) in [6.07, 6.45) is -3.07. The molecule has 1 heterocycles. The Morgan fingerprint density at radius 2 is 2.06 bits per heavy atom. The molecule has 0 aromatic heterocycles. The Labute approximate surface area is 101 Å². The van der Waals surface area contributed by atoms with Gasteiger partial charge in [-0.1, -0.05) is 6.07 Å². The molecule has 0 spiro atoms. The Kier molecular flexibility index (Phi) is 3.08. The molecule has 7 heteroatoms. The summed E-state index contributed by atoms with van der Waals surface area (Å²) in [4.78, 5) is 10.5. The van der Waals surface area contributed by atoms with E-state index >= 15 is 0 Å². The topological polar surface area (TPSA) is 81.8 Å². The molecule has 0 bridgehead atoms. The van der Waals surface area contributed by atoms with E-state index in [1.165, 1.54) is 12.1 Å². The smallest absolute Gasteiger partial charge is 0.480 e. The highest BCUT2D eigenvalue weighted by molar-refractivity contribution is 5.73. The van der Waals surface area contributed by atoms with E-state index in [1.807, 2.05) is 0 Å². The van der Waals surface area contributed by atoms with Gasteiger partial charge in [-0.15, -0.1) is 8.78 Å². The van der Waals surface area contributed by atoms with Gasteiger partial charge < -0.3 is 20.3 Å². The summed E-state index contributed by atoms with van der Waals surface area (Å²) in [6, 6.07) is 3.35. The monoisotopic (exact) mass is 259 g/mol. The van der Waals surface area contributed by atoms with Crippen LogP contribution >= 0.6 is 0 Å². The van der Waals surface area contributed by atoms with Gasteiger partial charge in [0.2, 0.25) is 0 Å². The molecule has 0 fully saturated rings. The van der Waals surface area contributed by atoms with Gasteiger partial charge in [0.1, 0.15) is 6.04 Å². The second kappa shape index (κ2) is 4.41. The minimum Gasteiger partial charge on any atom is -0.480 e. The lowest BCUT2D eigenvalue weighted by atomic mass is 10.1. The first-order chi connectivity index (χ1) is 8.37. The number of fused-ring (bicyclic) bond motifs is 1. The SMILES string of the molecule is NC(CCc1ccc2c(c1)OC(F)(F)O2)C(=O)O. The fourth-order valence-electron chi connectivity index (χ4n) is 1.59.